The molecule has 92 valence electrons. The van der Waals surface area contributed by atoms with E-state index in [1.54, 1.807) is 6.08 Å². The largest absolute Gasteiger partial charge is 0.468 e. The SMILES string of the molecule is C=CCNC(C(=O)OC)c1cccc(C)c1C. The van der Waals surface area contributed by atoms with E-state index in [2.05, 4.69) is 11.9 Å². The maximum atomic E-state index is 11.8. The fraction of sp³-hybridized carbons (Fsp3) is 0.357. The second kappa shape index (κ2) is 6.21. The summed E-state index contributed by atoms with van der Waals surface area (Å²) in [5.74, 6) is -0.277. The highest BCUT2D eigenvalue weighted by atomic mass is 16.5. The Labute approximate surface area is 102 Å². The van der Waals surface area contributed by atoms with Gasteiger partial charge in [-0.1, -0.05) is 24.3 Å². The van der Waals surface area contributed by atoms with Crippen LogP contribution in [0.2, 0.25) is 0 Å². The molecule has 0 heterocycles. The van der Waals surface area contributed by atoms with Gasteiger partial charge in [0.1, 0.15) is 6.04 Å². The fourth-order valence-corrected chi connectivity index (χ4v) is 1.73. The van der Waals surface area contributed by atoms with Crippen molar-refractivity contribution in [2.24, 2.45) is 0 Å². The zero-order chi connectivity index (χ0) is 12.8. The normalized spacial score (nSPS) is 11.9. The van der Waals surface area contributed by atoms with E-state index in [9.17, 15) is 4.79 Å². The molecular weight excluding hydrogens is 214 g/mol. The van der Waals surface area contributed by atoms with Gasteiger partial charge in [-0.25, -0.2) is 4.79 Å². The van der Waals surface area contributed by atoms with Gasteiger partial charge < -0.3 is 4.74 Å². The van der Waals surface area contributed by atoms with Gasteiger partial charge in [-0.2, -0.15) is 0 Å². The average Bonchev–Trinajstić information content (AvgIpc) is 2.34. The Morgan fingerprint density at radius 3 is 2.82 bits per heavy atom. The number of aryl methyl sites for hydroxylation is 1. The van der Waals surface area contributed by atoms with Crippen molar-refractivity contribution in [1.29, 1.82) is 0 Å². The van der Waals surface area contributed by atoms with Gasteiger partial charge in [-0.05, 0) is 30.5 Å². The minimum atomic E-state index is -0.433. The minimum absolute atomic E-state index is 0.277. The van der Waals surface area contributed by atoms with E-state index in [0.29, 0.717) is 6.54 Å². The van der Waals surface area contributed by atoms with Gasteiger partial charge in [0.2, 0.25) is 0 Å². The molecule has 1 unspecified atom stereocenters. The summed E-state index contributed by atoms with van der Waals surface area (Å²) in [5.41, 5.74) is 3.23. The number of ether oxygens (including phenoxy) is 1. The topological polar surface area (TPSA) is 38.3 Å². The summed E-state index contributed by atoms with van der Waals surface area (Å²) in [6.45, 7) is 8.24. The Kier molecular flexibility index (Phi) is 4.91. The number of hydrogen-bond acceptors (Lipinski definition) is 3. The van der Waals surface area contributed by atoms with Gasteiger partial charge in [0.25, 0.3) is 0 Å². The van der Waals surface area contributed by atoms with E-state index in [1.165, 1.54) is 7.11 Å². The highest BCUT2D eigenvalue weighted by Gasteiger charge is 2.22. The molecule has 0 fully saturated rings. The molecule has 1 aromatic carbocycles. The van der Waals surface area contributed by atoms with Crippen LogP contribution < -0.4 is 5.32 Å². The van der Waals surface area contributed by atoms with Gasteiger partial charge in [0.15, 0.2) is 0 Å². The lowest BCUT2D eigenvalue weighted by Crippen LogP contribution is -2.30. The van der Waals surface area contributed by atoms with E-state index in [0.717, 1.165) is 16.7 Å². The number of rotatable bonds is 5. The quantitative estimate of drug-likeness (QED) is 0.626. The number of carbonyl (C=O) groups excluding carboxylic acids is 1. The highest BCUT2D eigenvalue weighted by Crippen LogP contribution is 2.21. The lowest BCUT2D eigenvalue weighted by atomic mass is 9.97. The van der Waals surface area contributed by atoms with Crippen molar-refractivity contribution in [3.63, 3.8) is 0 Å². The van der Waals surface area contributed by atoms with Crippen LogP contribution in [0, 0.1) is 13.8 Å². The van der Waals surface area contributed by atoms with Crippen LogP contribution in [0.15, 0.2) is 30.9 Å². The predicted molar refractivity (Wildman–Crippen MR) is 68.9 cm³/mol. The summed E-state index contributed by atoms with van der Waals surface area (Å²) in [5, 5.41) is 3.11. The molecule has 0 amide bonds. The number of carbonyl (C=O) groups is 1. The van der Waals surface area contributed by atoms with Crippen molar-refractivity contribution in [3.8, 4) is 0 Å². The minimum Gasteiger partial charge on any atom is -0.468 e. The molecule has 0 spiro atoms. The molecule has 1 rings (SSSR count). The number of benzene rings is 1. The third-order valence-corrected chi connectivity index (χ3v) is 2.86. The molecule has 0 aliphatic rings. The van der Waals surface area contributed by atoms with Crippen LogP contribution in [-0.2, 0) is 9.53 Å². The first kappa shape index (κ1) is 13.5. The molecule has 0 aliphatic heterocycles. The van der Waals surface area contributed by atoms with Gasteiger partial charge in [0, 0.05) is 6.54 Å². The smallest absolute Gasteiger partial charge is 0.327 e. The molecule has 0 radical (unpaired) electrons. The first-order valence-corrected chi connectivity index (χ1v) is 5.60. The van der Waals surface area contributed by atoms with E-state index in [4.69, 9.17) is 4.74 Å². The molecular formula is C14H19NO2. The molecule has 1 aromatic rings. The van der Waals surface area contributed by atoms with Crippen molar-refractivity contribution >= 4 is 5.97 Å². The van der Waals surface area contributed by atoms with Gasteiger partial charge in [0.05, 0.1) is 7.11 Å². The molecule has 0 aliphatic carbocycles. The predicted octanol–water partition coefficient (Wildman–Crippen LogP) is 2.29. The number of nitrogens with one attached hydrogen (secondary N) is 1. The molecule has 0 saturated carbocycles. The molecule has 1 atom stereocenters. The third kappa shape index (κ3) is 3.17. The van der Waals surface area contributed by atoms with Crippen molar-refractivity contribution in [2.75, 3.05) is 13.7 Å². The molecule has 0 bridgehead atoms. The maximum absolute atomic E-state index is 11.8. The zero-order valence-electron chi connectivity index (χ0n) is 10.6. The zero-order valence-corrected chi connectivity index (χ0v) is 10.6. The van der Waals surface area contributed by atoms with E-state index >= 15 is 0 Å². The molecule has 0 saturated heterocycles. The van der Waals surface area contributed by atoms with Crippen LogP contribution in [0.4, 0.5) is 0 Å². The first-order valence-electron chi connectivity index (χ1n) is 5.60. The molecule has 17 heavy (non-hydrogen) atoms. The third-order valence-electron chi connectivity index (χ3n) is 2.86. The van der Waals surface area contributed by atoms with Crippen molar-refractivity contribution in [1.82, 2.24) is 5.32 Å². The van der Waals surface area contributed by atoms with E-state index in [-0.39, 0.29) is 5.97 Å². The van der Waals surface area contributed by atoms with Gasteiger partial charge in [-0.15, -0.1) is 6.58 Å². The Morgan fingerprint density at radius 1 is 1.53 bits per heavy atom. The van der Waals surface area contributed by atoms with Crippen LogP contribution in [-0.4, -0.2) is 19.6 Å². The summed E-state index contributed by atoms with van der Waals surface area (Å²) >= 11 is 0. The summed E-state index contributed by atoms with van der Waals surface area (Å²) in [4.78, 5) is 11.8. The lowest BCUT2D eigenvalue weighted by Gasteiger charge is -2.19. The molecule has 3 nitrogen and oxygen atoms in total. The Bertz CT molecular complexity index is 413. The Hall–Kier alpha value is -1.61. The monoisotopic (exact) mass is 233 g/mol. The van der Waals surface area contributed by atoms with Crippen LogP contribution in [0.1, 0.15) is 22.7 Å². The van der Waals surface area contributed by atoms with Crippen LogP contribution in [0.25, 0.3) is 0 Å². The summed E-state index contributed by atoms with van der Waals surface area (Å²) in [6.07, 6.45) is 1.72. The first-order chi connectivity index (χ1) is 8.11. The Morgan fingerprint density at radius 2 is 2.24 bits per heavy atom. The summed E-state index contributed by atoms with van der Waals surface area (Å²) < 4.78 is 4.82. The standard InChI is InChI=1S/C14H19NO2/c1-5-9-15-13(14(16)17-4)12-8-6-7-10(2)11(12)3/h5-8,13,15H,1,9H2,2-4H3. The number of methoxy groups -OCH3 is 1. The highest BCUT2D eigenvalue weighted by molar-refractivity contribution is 5.78. The van der Waals surface area contributed by atoms with E-state index in [1.807, 2.05) is 32.0 Å². The van der Waals surface area contributed by atoms with Crippen LogP contribution in [0.5, 0.6) is 0 Å². The lowest BCUT2D eigenvalue weighted by molar-refractivity contribution is -0.143. The van der Waals surface area contributed by atoms with Gasteiger partial charge >= 0.3 is 5.97 Å². The maximum Gasteiger partial charge on any atom is 0.327 e. The van der Waals surface area contributed by atoms with E-state index < -0.39 is 6.04 Å². The van der Waals surface area contributed by atoms with Crippen LogP contribution >= 0.6 is 0 Å². The average molecular weight is 233 g/mol. The van der Waals surface area contributed by atoms with Crippen molar-refractivity contribution < 1.29 is 9.53 Å². The fourth-order valence-electron chi connectivity index (χ4n) is 1.73. The summed E-state index contributed by atoms with van der Waals surface area (Å²) in [7, 11) is 1.40. The molecule has 0 aromatic heterocycles. The van der Waals surface area contributed by atoms with Crippen molar-refractivity contribution in [2.45, 2.75) is 19.9 Å². The molecule has 1 N–H and O–H groups in total. The summed E-state index contributed by atoms with van der Waals surface area (Å²) in [6, 6.07) is 5.49. The Balaban J connectivity index is 3.07. The van der Waals surface area contributed by atoms with Crippen molar-refractivity contribution in [3.05, 3.63) is 47.5 Å². The second-order valence-corrected chi connectivity index (χ2v) is 3.94. The second-order valence-electron chi connectivity index (χ2n) is 3.94. The number of esters is 1. The number of hydrogen-bond donors (Lipinski definition) is 1. The van der Waals surface area contributed by atoms with Gasteiger partial charge in [-0.3, -0.25) is 5.32 Å². The van der Waals surface area contributed by atoms with Crippen LogP contribution in [0.3, 0.4) is 0 Å². The molecule has 3 heteroatoms.